The number of carbonyl (C=O) groups excluding carboxylic acids is 1. The van der Waals surface area contributed by atoms with Gasteiger partial charge in [-0.15, -0.1) is 11.8 Å². The van der Waals surface area contributed by atoms with Crippen molar-refractivity contribution in [2.45, 2.75) is 6.42 Å². The second-order valence-electron chi connectivity index (χ2n) is 3.71. The van der Waals surface area contributed by atoms with Crippen LogP contribution in [0.5, 0.6) is 0 Å². The SMILES string of the molecule is COCCSCC(=O)N1CCC(C(=O)O)C1. The summed E-state index contributed by atoms with van der Waals surface area (Å²) in [5.74, 6) is 0.0498. The van der Waals surface area contributed by atoms with Crippen molar-refractivity contribution in [3.8, 4) is 0 Å². The largest absolute Gasteiger partial charge is 0.481 e. The number of likely N-dealkylation sites (tertiary alicyclic amines) is 1. The fraction of sp³-hybridized carbons (Fsp3) is 0.800. The highest BCUT2D eigenvalue weighted by atomic mass is 32.2. The maximum absolute atomic E-state index is 11.6. The number of hydrogen-bond donors (Lipinski definition) is 1. The first-order valence-corrected chi connectivity index (χ1v) is 6.38. The number of methoxy groups -OCH3 is 1. The summed E-state index contributed by atoms with van der Waals surface area (Å²) in [4.78, 5) is 24.0. The van der Waals surface area contributed by atoms with Crippen LogP contribution in [0.25, 0.3) is 0 Å². The first kappa shape index (κ1) is 13.3. The molecular formula is C10H17NO4S. The minimum atomic E-state index is -0.803. The summed E-state index contributed by atoms with van der Waals surface area (Å²) in [5.41, 5.74) is 0. The molecule has 1 atom stereocenters. The van der Waals surface area contributed by atoms with Crippen molar-refractivity contribution in [2.24, 2.45) is 5.92 Å². The number of nitrogens with zero attached hydrogens (tertiary/aromatic N) is 1. The van der Waals surface area contributed by atoms with Crippen LogP contribution in [0.15, 0.2) is 0 Å². The predicted molar refractivity (Wildman–Crippen MR) is 61.5 cm³/mol. The Hall–Kier alpha value is -0.750. The van der Waals surface area contributed by atoms with Gasteiger partial charge < -0.3 is 14.7 Å². The highest BCUT2D eigenvalue weighted by molar-refractivity contribution is 7.99. The maximum atomic E-state index is 11.6. The van der Waals surface area contributed by atoms with E-state index < -0.39 is 5.97 Å². The van der Waals surface area contributed by atoms with Gasteiger partial charge in [0.15, 0.2) is 0 Å². The van der Waals surface area contributed by atoms with Gasteiger partial charge in [0.25, 0.3) is 0 Å². The minimum Gasteiger partial charge on any atom is -0.481 e. The molecule has 0 aromatic carbocycles. The summed E-state index contributed by atoms with van der Waals surface area (Å²) in [5, 5.41) is 8.80. The highest BCUT2D eigenvalue weighted by Crippen LogP contribution is 2.17. The van der Waals surface area contributed by atoms with E-state index in [9.17, 15) is 9.59 Å². The van der Waals surface area contributed by atoms with Gasteiger partial charge >= 0.3 is 5.97 Å². The topological polar surface area (TPSA) is 66.8 Å². The molecule has 6 heteroatoms. The molecule has 1 fully saturated rings. The van der Waals surface area contributed by atoms with E-state index in [0.717, 1.165) is 5.75 Å². The molecule has 0 spiro atoms. The van der Waals surface area contributed by atoms with Crippen molar-refractivity contribution in [2.75, 3.05) is 38.3 Å². The number of carboxylic acid groups (broad SMARTS) is 1. The van der Waals surface area contributed by atoms with E-state index in [2.05, 4.69) is 0 Å². The first-order chi connectivity index (χ1) is 7.65. The average Bonchev–Trinajstić information content (AvgIpc) is 2.73. The Morgan fingerprint density at radius 2 is 2.31 bits per heavy atom. The molecule has 0 aromatic heterocycles. The van der Waals surface area contributed by atoms with Gasteiger partial charge in [-0.05, 0) is 6.42 Å². The Kier molecular flexibility index (Phi) is 5.62. The molecule has 1 saturated heterocycles. The number of aliphatic carboxylic acids is 1. The summed E-state index contributed by atoms with van der Waals surface area (Å²) in [6.45, 7) is 1.56. The second-order valence-corrected chi connectivity index (χ2v) is 4.81. The lowest BCUT2D eigenvalue weighted by atomic mass is 10.1. The summed E-state index contributed by atoms with van der Waals surface area (Å²) in [6, 6.07) is 0. The molecule has 1 aliphatic heterocycles. The third-order valence-electron chi connectivity index (χ3n) is 2.55. The van der Waals surface area contributed by atoms with E-state index in [-0.39, 0.29) is 11.8 Å². The molecule has 1 rings (SSSR count). The van der Waals surface area contributed by atoms with E-state index in [0.29, 0.717) is 31.9 Å². The molecule has 1 aliphatic rings. The molecule has 1 N–H and O–H groups in total. The number of hydrogen-bond acceptors (Lipinski definition) is 4. The minimum absolute atomic E-state index is 0.0323. The third-order valence-corrected chi connectivity index (χ3v) is 3.45. The van der Waals surface area contributed by atoms with Crippen LogP contribution >= 0.6 is 11.8 Å². The Labute approximate surface area is 99.1 Å². The molecule has 5 nitrogen and oxygen atoms in total. The number of carboxylic acids is 1. The zero-order valence-electron chi connectivity index (χ0n) is 9.35. The van der Waals surface area contributed by atoms with Crippen molar-refractivity contribution < 1.29 is 19.4 Å². The van der Waals surface area contributed by atoms with Crippen LogP contribution in [0, 0.1) is 5.92 Å². The Bertz CT molecular complexity index is 259. The highest BCUT2D eigenvalue weighted by Gasteiger charge is 2.30. The van der Waals surface area contributed by atoms with Gasteiger partial charge in [0, 0.05) is 26.0 Å². The van der Waals surface area contributed by atoms with Crippen LogP contribution < -0.4 is 0 Å². The van der Waals surface area contributed by atoms with Crippen molar-refractivity contribution in [3.05, 3.63) is 0 Å². The van der Waals surface area contributed by atoms with E-state index in [1.807, 2.05) is 0 Å². The monoisotopic (exact) mass is 247 g/mol. The van der Waals surface area contributed by atoms with Crippen LogP contribution in [0.3, 0.4) is 0 Å². The van der Waals surface area contributed by atoms with Crippen molar-refractivity contribution in [1.82, 2.24) is 4.90 Å². The summed E-state index contributed by atoms with van der Waals surface area (Å²) in [6.07, 6.45) is 0.573. The Morgan fingerprint density at radius 1 is 1.56 bits per heavy atom. The van der Waals surface area contributed by atoms with Gasteiger partial charge in [0.05, 0.1) is 18.3 Å². The van der Waals surface area contributed by atoms with Crippen LogP contribution in [-0.2, 0) is 14.3 Å². The van der Waals surface area contributed by atoms with Crippen LogP contribution in [0.1, 0.15) is 6.42 Å². The normalized spacial score (nSPS) is 20.1. The molecule has 1 amide bonds. The van der Waals surface area contributed by atoms with Gasteiger partial charge in [0.1, 0.15) is 0 Å². The van der Waals surface area contributed by atoms with Gasteiger partial charge in [-0.1, -0.05) is 0 Å². The Morgan fingerprint density at radius 3 is 2.88 bits per heavy atom. The molecule has 92 valence electrons. The molecule has 0 bridgehead atoms. The number of thioether (sulfide) groups is 1. The zero-order valence-corrected chi connectivity index (χ0v) is 10.2. The van der Waals surface area contributed by atoms with Gasteiger partial charge in [-0.25, -0.2) is 0 Å². The first-order valence-electron chi connectivity index (χ1n) is 5.22. The maximum Gasteiger partial charge on any atom is 0.308 e. The number of amides is 1. The fourth-order valence-corrected chi connectivity index (χ4v) is 2.37. The zero-order chi connectivity index (χ0) is 12.0. The van der Waals surface area contributed by atoms with Gasteiger partial charge in [-0.2, -0.15) is 0 Å². The van der Waals surface area contributed by atoms with Crippen molar-refractivity contribution in [1.29, 1.82) is 0 Å². The molecule has 0 aliphatic carbocycles. The molecule has 1 unspecified atom stereocenters. The molecule has 0 radical (unpaired) electrons. The van der Waals surface area contributed by atoms with Crippen molar-refractivity contribution >= 4 is 23.6 Å². The lowest BCUT2D eigenvalue weighted by Crippen LogP contribution is -2.31. The summed E-state index contributed by atoms with van der Waals surface area (Å²) in [7, 11) is 1.63. The quantitative estimate of drug-likeness (QED) is 0.684. The number of rotatable bonds is 6. The van der Waals surface area contributed by atoms with E-state index in [1.165, 1.54) is 11.8 Å². The average molecular weight is 247 g/mol. The van der Waals surface area contributed by atoms with E-state index >= 15 is 0 Å². The lowest BCUT2D eigenvalue weighted by Gasteiger charge is -2.15. The number of carbonyl (C=O) groups is 2. The van der Waals surface area contributed by atoms with Crippen LogP contribution in [0.2, 0.25) is 0 Å². The molecular weight excluding hydrogens is 230 g/mol. The number of ether oxygens (including phenoxy) is 1. The van der Waals surface area contributed by atoms with Crippen LogP contribution in [0.4, 0.5) is 0 Å². The fourth-order valence-electron chi connectivity index (χ4n) is 1.58. The standard InChI is InChI=1S/C10H17NO4S/c1-15-4-5-16-7-9(12)11-3-2-8(6-11)10(13)14/h8H,2-7H2,1H3,(H,13,14). The van der Waals surface area contributed by atoms with E-state index in [1.54, 1.807) is 12.0 Å². The van der Waals surface area contributed by atoms with Gasteiger partial charge in [0.2, 0.25) is 5.91 Å². The van der Waals surface area contributed by atoms with E-state index in [4.69, 9.17) is 9.84 Å². The summed E-state index contributed by atoms with van der Waals surface area (Å²) < 4.78 is 4.87. The smallest absolute Gasteiger partial charge is 0.308 e. The van der Waals surface area contributed by atoms with Gasteiger partial charge in [-0.3, -0.25) is 9.59 Å². The molecule has 0 aromatic rings. The van der Waals surface area contributed by atoms with Crippen LogP contribution in [-0.4, -0.2) is 60.2 Å². The molecule has 1 heterocycles. The molecule has 16 heavy (non-hydrogen) atoms. The predicted octanol–water partition coefficient (Wildman–Crippen LogP) is 0.299. The lowest BCUT2D eigenvalue weighted by molar-refractivity contribution is -0.141. The third kappa shape index (κ3) is 4.02. The summed E-state index contributed by atoms with van der Waals surface area (Å²) >= 11 is 1.52. The Balaban J connectivity index is 2.20. The second kappa shape index (κ2) is 6.75. The van der Waals surface area contributed by atoms with Crippen molar-refractivity contribution in [3.63, 3.8) is 0 Å². The molecule has 0 saturated carbocycles.